The number of halogens is 1. The summed E-state index contributed by atoms with van der Waals surface area (Å²) in [6.45, 7) is 5.28. The quantitative estimate of drug-likeness (QED) is 0.655. The van der Waals surface area contributed by atoms with Gasteiger partial charge in [0.25, 0.3) is 0 Å². The zero-order valence-electron chi connectivity index (χ0n) is 19.3. The molecule has 1 N–H and O–H groups in total. The summed E-state index contributed by atoms with van der Waals surface area (Å²) < 4.78 is 19.7. The maximum atomic E-state index is 13.9. The Morgan fingerprint density at radius 3 is 2.62 bits per heavy atom. The fraction of sp³-hybridized carbons (Fsp3) is 0.600. The molecule has 1 amide bonds. The van der Waals surface area contributed by atoms with Gasteiger partial charge in [-0.25, -0.2) is 4.39 Å². The van der Waals surface area contributed by atoms with E-state index in [0.717, 1.165) is 81.3 Å². The Morgan fingerprint density at radius 2 is 1.94 bits per heavy atom. The van der Waals surface area contributed by atoms with Crippen LogP contribution in [-0.4, -0.2) is 60.8 Å². The summed E-state index contributed by atoms with van der Waals surface area (Å²) in [5, 5.41) is 4.11. The summed E-state index contributed by atoms with van der Waals surface area (Å²) in [6, 6.07) is 6.54. The normalized spacial score (nSPS) is 20.3. The maximum Gasteiger partial charge on any atom is 0.239 e. The number of carbonyl (C=O) groups excluding carboxylic acids is 1. The minimum Gasteiger partial charge on any atom is -0.368 e. The van der Waals surface area contributed by atoms with Crippen LogP contribution in [0.1, 0.15) is 51.9 Å². The van der Waals surface area contributed by atoms with Crippen molar-refractivity contribution in [3.05, 3.63) is 36.3 Å². The molecule has 4 rings (SSSR count). The van der Waals surface area contributed by atoms with Crippen LogP contribution in [0.2, 0.25) is 0 Å². The Labute approximate surface area is 190 Å². The van der Waals surface area contributed by atoms with Gasteiger partial charge < -0.3 is 15.0 Å². The standard InChI is InChI=1S/C25H35FN4O2/c1-3-7-23(24(31)28-25(32-2)11-5-4-6-12-25)30-16-14-29(15-17-30)22-10-13-27-21-9-8-19(26)18-20(21)22/h8-10,13,18,23H,3-7,11-12,14-17H2,1-2H3,(H,28,31). The molecule has 2 aliphatic rings. The van der Waals surface area contributed by atoms with Crippen molar-refractivity contribution in [3.63, 3.8) is 0 Å². The number of amides is 1. The lowest BCUT2D eigenvalue weighted by Crippen LogP contribution is -2.60. The molecule has 0 radical (unpaired) electrons. The first-order valence-corrected chi connectivity index (χ1v) is 12.0. The molecule has 1 aliphatic heterocycles. The van der Waals surface area contributed by atoms with Crippen molar-refractivity contribution in [3.8, 4) is 0 Å². The average molecular weight is 443 g/mol. The Bertz CT molecular complexity index is 923. The summed E-state index contributed by atoms with van der Waals surface area (Å²) >= 11 is 0. The van der Waals surface area contributed by atoms with Gasteiger partial charge in [0.05, 0.1) is 11.6 Å². The molecule has 7 heteroatoms. The predicted octanol–water partition coefficient (Wildman–Crippen LogP) is 4.09. The minimum atomic E-state index is -0.511. The molecular formula is C25H35FN4O2. The first-order valence-electron chi connectivity index (χ1n) is 12.0. The highest BCUT2D eigenvalue weighted by atomic mass is 19.1. The van der Waals surface area contributed by atoms with Gasteiger partial charge in [-0.05, 0) is 56.4 Å². The van der Waals surface area contributed by atoms with E-state index in [1.807, 2.05) is 6.07 Å². The second-order valence-electron chi connectivity index (χ2n) is 9.07. The van der Waals surface area contributed by atoms with Crippen LogP contribution in [-0.2, 0) is 9.53 Å². The summed E-state index contributed by atoms with van der Waals surface area (Å²) in [4.78, 5) is 22.3. The third-order valence-electron chi connectivity index (χ3n) is 7.04. The van der Waals surface area contributed by atoms with Crippen molar-refractivity contribution in [2.24, 2.45) is 0 Å². The number of piperazine rings is 1. The van der Waals surface area contributed by atoms with Gasteiger partial charge in [-0.15, -0.1) is 0 Å². The van der Waals surface area contributed by atoms with Gasteiger partial charge in [0.1, 0.15) is 11.5 Å². The molecule has 1 saturated heterocycles. The Kier molecular flexibility index (Phi) is 7.26. The molecular weight excluding hydrogens is 407 g/mol. The Morgan fingerprint density at radius 1 is 1.19 bits per heavy atom. The van der Waals surface area contributed by atoms with Crippen molar-refractivity contribution >= 4 is 22.5 Å². The number of carbonyl (C=O) groups is 1. The number of nitrogens with zero attached hydrogens (tertiary/aromatic N) is 3. The highest BCUT2D eigenvalue weighted by molar-refractivity contribution is 5.91. The van der Waals surface area contributed by atoms with Gasteiger partial charge in [0, 0.05) is 50.6 Å². The minimum absolute atomic E-state index is 0.0838. The fourth-order valence-electron chi connectivity index (χ4n) is 5.22. The molecule has 1 atom stereocenters. The lowest BCUT2D eigenvalue weighted by atomic mass is 9.91. The molecule has 1 saturated carbocycles. The number of ether oxygens (including phenoxy) is 1. The Balaban J connectivity index is 1.44. The van der Waals surface area contributed by atoms with E-state index in [-0.39, 0.29) is 17.8 Å². The molecule has 1 aliphatic carbocycles. The second kappa shape index (κ2) is 10.1. The van der Waals surface area contributed by atoms with Gasteiger partial charge in [-0.3, -0.25) is 14.7 Å². The second-order valence-corrected chi connectivity index (χ2v) is 9.07. The molecule has 1 aromatic heterocycles. The zero-order valence-corrected chi connectivity index (χ0v) is 19.3. The zero-order chi connectivity index (χ0) is 22.6. The number of methoxy groups -OCH3 is 1. The first-order chi connectivity index (χ1) is 15.5. The van der Waals surface area contributed by atoms with E-state index in [4.69, 9.17) is 4.74 Å². The van der Waals surface area contributed by atoms with Crippen molar-refractivity contribution in [1.29, 1.82) is 0 Å². The molecule has 174 valence electrons. The lowest BCUT2D eigenvalue weighted by molar-refractivity contribution is -0.140. The number of rotatable bonds is 7. The molecule has 32 heavy (non-hydrogen) atoms. The largest absolute Gasteiger partial charge is 0.368 e. The number of fused-ring (bicyclic) bond motifs is 1. The molecule has 2 heterocycles. The molecule has 1 unspecified atom stereocenters. The summed E-state index contributed by atoms with van der Waals surface area (Å²) in [6.07, 6.45) is 8.71. The third-order valence-corrected chi connectivity index (χ3v) is 7.04. The Hall–Kier alpha value is -2.25. The molecule has 2 fully saturated rings. The number of anilines is 1. The first kappa shape index (κ1) is 22.9. The van der Waals surface area contributed by atoms with Gasteiger partial charge in [0.15, 0.2) is 0 Å². The van der Waals surface area contributed by atoms with Crippen molar-refractivity contribution in [2.45, 2.75) is 63.6 Å². The summed E-state index contributed by atoms with van der Waals surface area (Å²) in [7, 11) is 1.71. The number of nitrogens with one attached hydrogen (secondary N) is 1. The molecule has 0 spiro atoms. The summed E-state index contributed by atoms with van der Waals surface area (Å²) in [5.41, 5.74) is 1.29. The monoisotopic (exact) mass is 442 g/mol. The van der Waals surface area contributed by atoms with E-state index < -0.39 is 5.72 Å². The number of hydrogen-bond acceptors (Lipinski definition) is 5. The van der Waals surface area contributed by atoms with E-state index >= 15 is 0 Å². The van der Waals surface area contributed by atoms with Crippen LogP contribution in [0.5, 0.6) is 0 Å². The van der Waals surface area contributed by atoms with Crippen molar-refractivity contribution in [2.75, 3.05) is 38.2 Å². The van der Waals surface area contributed by atoms with E-state index in [1.54, 1.807) is 25.4 Å². The molecule has 2 aromatic rings. The van der Waals surface area contributed by atoms with Gasteiger partial charge in [-0.1, -0.05) is 19.8 Å². The SMILES string of the molecule is CCCC(C(=O)NC1(OC)CCCCC1)N1CCN(c2ccnc3ccc(F)cc23)CC1. The van der Waals surface area contributed by atoms with Crippen LogP contribution < -0.4 is 10.2 Å². The number of pyridine rings is 1. The van der Waals surface area contributed by atoms with Crippen LogP contribution >= 0.6 is 0 Å². The smallest absolute Gasteiger partial charge is 0.239 e. The lowest BCUT2D eigenvalue weighted by Gasteiger charge is -2.42. The van der Waals surface area contributed by atoms with Gasteiger partial charge >= 0.3 is 0 Å². The van der Waals surface area contributed by atoms with Crippen LogP contribution in [0, 0.1) is 5.82 Å². The van der Waals surface area contributed by atoms with Crippen molar-refractivity contribution < 1.29 is 13.9 Å². The maximum absolute atomic E-state index is 13.9. The van der Waals surface area contributed by atoms with Crippen LogP contribution in [0.3, 0.4) is 0 Å². The molecule has 1 aromatic carbocycles. The highest BCUT2D eigenvalue weighted by Crippen LogP contribution is 2.30. The third kappa shape index (κ3) is 4.89. The van der Waals surface area contributed by atoms with Crippen LogP contribution in [0.25, 0.3) is 10.9 Å². The molecule has 0 bridgehead atoms. The van der Waals surface area contributed by atoms with Crippen LogP contribution in [0.4, 0.5) is 10.1 Å². The topological polar surface area (TPSA) is 57.7 Å². The van der Waals surface area contributed by atoms with Gasteiger partial charge in [-0.2, -0.15) is 0 Å². The number of benzene rings is 1. The van der Waals surface area contributed by atoms with E-state index in [9.17, 15) is 9.18 Å². The fourth-order valence-corrected chi connectivity index (χ4v) is 5.22. The predicted molar refractivity (Wildman–Crippen MR) is 125 cm³/mol. The molecule has 6 nitrogen and oxygen atoms in total. The average Bonchev–Trinajstić information content (AvgIpc) is 2.83. The van der Waals surface area contributed by atoms with E-state index in [2.05, 4.69) is 27.0 Å². The van der Waals surface area contributed by atoms with Crippen LogP contribution in [0.15, 0.2) is 30.5 Å². The highest BCUT2D eigenvalue weighted by Gasteiger charge is 2.37. The summed E-state index contributed by atoms with van der Waals surface area (Å²) in [5.74, 6) is -0.166. The van der Waals surface area contributed by atoms with E-state index in [1.165, 1.54) is 12.5 Å². The number of hydrogen-bond donors (Lipinski definition) is 1. The van der Waals surface area contributed by atoms with E-state index in [0.29, 0.717) is 0 Å². The number of aromatic nitrogens is 1. The van der Waals surface area contributed by atoms with Gasteiger partial charge in [0.2, 0.25) is 5.91 Å². The van der Waals surface area contributed by atoms with Crippen molar-refractivity contribution in [1.82, 2.24) is 15.2 Å².